The molecule has 0 atom stereocenters. The van der Waals surface area contributed by atoms with Crippen molar-refractivity contribution in [3.8, 4) is 23.3 Å². The van der Waals surface area contributed by atoms with Crippen LogP contribution in [0.3, 0.4) is 0 Å². The van der Waals surface area contributed by atoms with E-state index in [4.69, 9.17) is 0 Å². The molecule has 4 rings (SSSR count). The Kier molecular flexibility index (Phi) is 6.46. The number of carbonyl (C=O) groups excluding carboxylic acids is 1. The molecule has 1 aliphatic rings. The number of aliphatic hydroxyl groups excluding tert-OH is 1. The minimum atomic E-state index is -0.746. The van der Waals surface area contributed by atoms with Gasteiger partial charge in [-0.05, 0) is 50.6 Å². The lowest BCUT2D eigenvalue weighted by atomic mass is 9.90. The van der Waals surface area contributed by atoms with Crippen LogP contribution in [0.2, 0.25) is 0 Å². The Morgan fingerprint density at radius 1 is 1.20 bits per heavy atom. The van der Waals surface area contributed by atoms with Crippen LogP contribution in [0.4, 0.5) is 11.5 Å². The Morgan fingerprint density at radius 2 is 1.97 bits per heavy atom. The summed E-state index contributed by atoms with van der Waals surface area (Å²) in [5.74, 6) is 0.323. The normalized spacial score (nSPS) is 13.5. The third kappa shape index (κ3) is 5.11. The van der Waals surface area contributed by atoms with E-state index in [0.29, 0.717) is 41.4 Å². The van der Waals surface area contributed by atoms with Crippen molar-refractivity contribution >= 4 is 17.4 Å². The predicted octanol–water partition coefficient (Wildman–Crippen LogP) is 2.88. The van der Waals surface area contributed by atoms with Gasteiger partial charge in [-0.15, -0.1) is 0 Å². The van der Waals surface area contributed by atoms with Gasteiger partial charge >= 0.3 is 0 Å². The molecular formula is C26H25N7O2. The van der Waals surface area contributed by atoms with Crippen LogP contribution < -0.4 is 10.2 Å². The molecule has 35 heavy (non-hydrogen) atoms. The molecule has 0 bridgehead atoms. The maximum atomic E-state index is 12.7. The summed E-state index contributed by atoms with van der Waals surface area (Å²) in [4.78, 5) is 27.7. The first-order valence-electron chi connectivity index (χ1n) is 11.2. The molecule has 1 fully saturated rings. The van der Waals surface area contributed by atoms with Crippen molar-refractivity contribution in [2.45, 2.75) is 38.7 Å². The van der Waals surface area contributed by atoms with Gasteiger partial charge in [-0.2, -0.15) is 10.5 Å². The lowest BCUT2D eigenvalue weighted by Gasteiger charge is -2.37. The zero-order chi connectivity index (χ0) is 25.2. The van der Waals surface area contributed by atoms with Crippen LogP contribution in [0.5, 0.6) is 0 Å². The molecule has 0 radical (unpaired) electrons. The zero-order valence-corrected chi connectivity index (χ0v) is 19.8. The van der Waals surface area contributed by atoms with E-state index in [-0.39, 0.29) is 12.3 Å². The van der Waals surface area contributed by atoms with Crippen LogP contribution in [0.1, 0.15) is 36.4 Å². The topological polar surface area (TPSA) is 139 Å². The number of hydrogen-bond donors (Lipinski definition) is 2. The number of anilines is 2. The molecule has 1 amide bonds. The fourth-order valence-electron chi connectivity index (χ4n) is 3.83. The van der Waals surface area contributed by atoms with Gasteiger partial charge in [-0.25, -0.2) is 4.98 Å². The third-order valence-electron chi connectivity index (χ3n) is 5.94. The summed E-state index contributed by atoms with van der Waals surface area (Å²) in [7, 11) is 0. The number of β-amino-alcohol motifs (C(OH)–C–C–N with tert-alkyl or cyclic N) is 1. The van der Waals surface area contributed by atoms with Crippen molar-refractivity contribution in [2.24, 2.45) is 0 Å². The first-order valence-corrected chi connectivity index (χ1v) is 11.2. The lowest BCUT2D eigenvalue weighted by molar-refractivity contribution is -0.115. The molecule has 1 saturated heterocycles. The Balaban J connectivity index is 1.52. The van der Waals surface area contributed by atoms with Crippen molar-refractivity contribution in [3.63, 3.8) is 0 Å². The van der Waals surface area contributed by atoms with E-state index < -0.39 is 11.5 Å². The Hall–Kier alpha value is -4.34. The number of nitrogens with zero attached hydrogens (tertiary/aromatic N) is 6. The second-order valence-corrected chi connectivity index (χ2v) is 9.13. The number of aromatic nitrogens is 3. The van der Waals surface area contributed by atoms with E-state index in [1.165, 1.54) is 0 Å². The van der Waals surface area contributed by atoms with Gasteiger partial charge < -0.3 is 15.3 Å². The first kappa shape index (κ1) is 23.8. The van der Waals surface area contributed by atoms with E-state index in [1.54, 1.807) is 50.6 Å². The van der Waals surface area contributed by atoms with Gasteiger partial charge in [0.25, 0.3) is 0 Å². The van der Waals surface area contributed by atoms with Crippen molar-refractivity contribution in [3.05, 3.63) is 65.4 Å². The molecule has 0 spiro atoms. The van der Waals surface area contributed by atoms with Crippen LogP contribution in [-0.4, -0.2) is 45.2 Å². The highest BCUT2D eigenvalue weighted by atomic mass is 16.3. The second-order valence-electron chi connectivity index (χ2n) is 9.13. The first-order chi connectivity index (χ1) is 16.7. The molecule has 4 heterocycles. The molecule has 1 aliphatic heterocycles. The number of carbonyl (C=O) groups is 1. The third-order valence-corrected chi connectivity index (χ3v) is 5.94. The summed E-state index contributed by atoms with van der Waals surface area (Å²) in [5, 5.41) is 31.4. The van der Waals surface area contributed by atoms with Gasteiger partial charge in [0.15, 0.2) is 0 Å². The fraction of sp³-hybridized carbons (Fsp3) is 0.308. The van der Waals surface area contributed by atoms with E-state index >= 15 is 0 Å². The second kappa shape index (κ2) is 9.49. The van der Waals surface area contributed by atoms with Crippen molar-refractivity contribution < 1.29 is 9.90 Å². The number of pyridine rings is 3. The molecule has 0 aliphatic carbocycles. The number of nitriles is 2. The Bertz CT molecular complexity index is 1360. The average Bonchev–Trinajstić information content (AvgIpc) is 2.83. The molecule has 0 aromatic carbocycles. The highest BCUT2D eigenvalue weighted by molar-refractivity contribution is 5.93. The standard InChI is InChI=1S/C26H25N7O2/c1-16-22(19-8-18(10-27)25(31-11-19)33-13-21(34)14-33)9-20(12-30-16)32-24(35)7-17-4-5-29-23(6-17)26(2,3)15-28/h4-6,8-9,11-12,21,34H,7,13-14H2,1-3H3,(H,32,35). The van der Waals surface area contributed by atoms with Gasteiger partial charge in [0.2, 0.25) is 5.91 Å². The van der Waals surface area contributed by atoms with Crippen molar-refractivity contribution in [1.29, 1.82) is 10.5 Å². The summed E-state index contributed by atoms with van der Waals surface area (Å²) in [6.45, 7) is 6.32. The van der Waals surface area contributed by atoms with E-state index in [2.05, 4.69) is 32.4 Å². The van der Waals surface area contributed by atoms with Crippen LogP contribution in [-0.2, 0) is 16.6 Å². The maximum absolute atomic E-state index is 12.7. The smallest absolute Gasteiger partial charge is 0.228 e. The largest absolute Gasteiger partial charge is 0.389 e. The van der Waals surface area contributed by atoms with Crippen LogP contribution in [0.15, 0.2) is 42.9 Å². The molecule has 9 heteroatoms. The monoisotopic (exact) mass is 467 g/mol. The molecule has 3 aromatic rings. The Labute approximate surface area is 203 Å². The minimum absolute atomic E-state index is 0.122. The predicted molar refractivity (Wildman–Crippen MR) is 130 cm³/mol. The molecule has 3 aromatic heterocycles. The summed E-state index contributed by atoms with van der Waals surface area (Å²) in [5.41, 5.74) is 3.76. The van der Waals surface area contributed by atoms with Crippen LogP contribution in [0, 0.1) is 29.6 Å². The summed E-state index contributed by atoms with van der Waals surface area (Å²) in [6.07, 6.45) is 4.59. The molecule has 0 saturated carbocycles. The number of amides is 1. The quantitative estimate of drug-likeness (QED) is 0.564. The van der Waals surface area contributed by atoms with E-state index in [1.807, 2.05) is 17.9 Å². The number of hydrogen-bond acceptors (Lipinski definition) is 8. The maximum Gasteiger partial charge on any atom is 0.228 e. The highest BCUT2D eigenvalue weighted by Gasteiger charge is 2.28. The van der Waals surface area contributed by atoms with Gasteiger partial charge in [-0.1, -0.05) is 0 Å². The molecular weight excluding hydrogens is 442 g/mol. The Morgan fingerprint density at radius 3 is 2.66 bits per heavy atom. The molecule has 2 N–H and O–H groups in total. The van der Waals surface area contributed by atoms with E-state index in [9.17, 15) is 20.4 Å². The van der Waals surface area contributed by atoms with Crippen molar-refractivity contribution in [2.75, 3.05) is 23.3 Å². The van der Waals surface area contributed by atoms with Gasteiger partial charge in [-0.3, -0.25) is 14.8 Å². The zero-order valence-electron chi connectivity index (χ0n) is 19.8. The number of nitrogens with one attached hydrogen (secondary N) is 1. The summed E-state index contributed by atoms with van der Waals surface area (Å²) >= 11 is 0. The van der Waals surface area contributed by atoms with Crippen molar-refractivity contribution in [1.82, 2.24) is 15.0 Å². The number of aliphatic hydroxyl groups is 1. The minimum Gasteiger partial charge on any atom is -0.389 e. The number of aryl methyl sites for hydroxylation is 1. The van der Waals surface area contributed by atoms with Crippen LogP contribution in [0.25, 0.3) is 11.1 Å². The van der Waals surface area contributed by atoms with Crippen LogP contribution >= 0.6 is 0 Å². The van der Waals surface area contributed by atoms with E-state index in [0.717, 1.165) is 16.8 Å². The van der Waals surface area contributed by atoms with Gasteiger partial charge in [0.1, 0.15) is 11.9 Å². The molecule has 0 unspecified atom stereocenters. The highest BCUT2D eigenvalue weighted by Crippen LogP contribution is 2.30. The number of rotatable bonds is 6. The fourth-order valence-corrected chi connectivity index (χ4v) is 3.83. The molecule has 176 valence electrons. The summed E-state index contributed by atoms with van der Waals surface area (Å²) < 4.78 is 0. The molecule has 9 nitrogen and oxygen atoms in total. The SMILES string of the molecule is Cc1ncc(NC(=O)Cc2ccnc(C(C)(C)C#N)c2)cc1-c1cnc(N2CC(O)C2)c(C#N)c1. The van der Waals surface area contributed by atoms with Gasteiger partial charge in [0, 0.05) is 42.3 Å². The van der Waals surface area contributed by atoms with Gasteiger partial charge in [0.05, 0.1) is 47.2 Å². The average molecular weight is 468 g/mol. The summed E-state index contributed by atoms with van der Waals surface area (Å²) in [6, 6.07) is 11.5. The lowest BCUT2D eigenvalue weighted by Crippen LogP contribution is -2.51.